The highest BCUT2D eigenvalue weighted by Crippen LogP contribution is 2.30. The van der Waals surface area contributed by atoms with Crippen molar-refractivity contribution in [3.63, 3.8) is 0 Å². The van der Waals surface area contributed by atoms with E-state index >= 15 is 0 Å². The third-order valence-electron chi connectivity index (χ3n) is 5.57. The van der Waals surface area contributed by atoms with Gasteiger partial charge in [0.25, 0.3) is 5.91 Å². The topological polar surface area (TPSA) is 76.1 Å². The van der Waals surface area contributed by atoms with Gasteiger partial charge >= 0.3 is 0 Å². The first kappa shape index (κ1) is 18.4. The molecule has 138 valence electrons. The van der Waals surface area contributed by atoms with E-state index < -0.39 is 9.84 Å². The number of carbonyl (C=O) groups is 1. The summed E-state index contributed by atoms with van der Waals surface area (Å²) in [6, 6.07) is 2.03. The predicted octanol–water partition coefficient (Wildman–Crippen LogP) is 2.67. The molecule has 3 heterocycles. The molecule has 0 saturated heterocycles. The molecule has 2 aliphatic rings. The van der Waals surface area contributed by atoms with Crippen LogP contribution in [0.4, 0.5) is 0 Å². The van der Waals surface area contributed by atoms with Crippen LogP contribution in [0.25, 0.3) is 0 Å². The zero-order valence-electron chi connectivity index (χ0n) is 15.5. The molecular formula is C19H28N2O3S. The lowest BCUT2D eigenvalue weighted by Gasteiger charge is -2.19. The van der Waals surface area contributed by atoms with E-state index in [0.29, 0.717) is 36.4 Å². The van der Waals surface area contributed by atoms with Crippen molar-refractivity contribution in [1.29, 1.82) is 0 Å². The number of nitrogens with one attached hydrogen (secondary N) is 1. The Morgan fingerprint density at radius 1 is 1.08 bits per heavy atom. The smallest absolute Gasteiger partial charge is 0.253 e. The van der Waals surface area contributed by atoms with Gasteiger partial charge in [0.15, 0.2) is 9.84 Å². The maximum Gasteiger partial charge on any atom is 0.253 e. The van der Waals surface area contributed by atoms with E-state index in [-0.39, 0.29) is 28.9 Å². The lowest BCUT2D eigenvalue weighted by atomic mass is 9.97. The molecule has 1 aromatic heterocycles. The SMILES string of the molecule is CC(C)C1CCc2nc3c(cc2C(=O)N1)CCC(C(C)C)S(=O)(=O)C3. The molecule has 25 heavy (non-hydrogen) atoms. The van der Waals surface area contributed by atoms with Crippen molar-refractivity contribution in [2.45, 2.75) is 70.4 Å². The standard InChI is InChI=1S/C19H28N2O3S/c1-11(2)15-6-7-16-14(19(22)21-15)9-13-5-8-18(12(3)4)25(23,24)10-17(13)20-16/h9,11-12,15,18H,5-8,10H2,1-4H3,(H,21,22). The maximum absolute atomic E-state index is 12.7. The predicted molar refractivity (Wildman–Crippen MR) is 98.2 cm³/mol. The van der Waals surface area contributed by atoms with Gasteiger partial charge in [0.2, 0.25) is 0 Å². The fourth-order valence-corrected chi connectivity index (χ4v) is 6.15. The Labute approximate surface area is 150 Å². The maximum atomic E-state index is 12.7. The number of aryl methyl sites for hydroxylation is 2. The van der Waals surface area contributed by atoms with Crippen LogP contribution in [0.3, 0.4) is 0 Å². The molecule has 0 fully saturated rings. The molecule has 0 bridgehead atoms. The molecule has 5 nitrogen and oxygen atoms in total. The molecule has 6 heteroatoms. The number of hydrogen-bond donors (Lipinski definition) is 1. The van der Waals surface area contributed by atoms with Crippen molar-refractivity contribution < 1.29 is 13.2 Å². The molecule has 0 aliphatic carbocycles. The molecule has 3 rings (SSSR count). The Morgan fingerprint density at radius 2 is 1.80 bits per heavy atom. The largest absolute Gasteiger partial charge is 0.349 e. The van der Waals surface area contributed by atoms with Crippen molar-refractivity contribution in [2.75, 3.05) is 0 Å². The Morgan fingerprint density at radius 3 is 2.44 bits per heavy atom. The summed E-state index contributed by atoms with van der Waals surface area (Å²) in [4.78, 5) is 17.3. The van der Waals surface area contributed by atoms with Crippen LogP contribution in [-0.4, -0.2) is 30.6 Å². The fourth-order valence-electron chi connectivity index (χ4n) is 4.00. The van der Waals surface area contributed by atoms with Crippen LogP contribution in [0.2, 0.25) is 0 Å². The number of fused-ring (bicyclic) bond motifs is 2. The van der Waals surface area contributed by atoms with E-state index in [0.717, 1.165) is 17.7 Å². The van der Waals surface area contributed by atoms with Crippen molar-refractivity contribution in [2.24, 2.45) is 11.8 Å². The van der Waals surface area contributed by atoms with E-state index in [4.69, 9.17) is 0 Å². The van der Waals surface area contributed by atoms with E-state index in [9.17, 15) is 13.2 Å². The highest BCUT2D eigenvalue weighted by atomic mass is 32.2. The minimum Gasteiger partial charge on any atom is -0.349 e. The molecule has 0 radical (unpaired) electrons. The molecule has 2 atom stereocenters. The Balaban J connectivity index is 1.99. The van der Waals surface area contributed by atoms with Crippen LogP contribution >= 0.6 is 0 Å². The molecule has 0 saturated carbocycles. The molecular weight excluding hydrogens is 336 g/mol. The first-order valence-corrected chi connectivity index (χ1v) is 10.9. The summed E-state index contributed by atoms with van der Waals surface area (Å²) >= 11 is 0. The van der Waals surface area contributed by atoms with Crippen molar-refractivity contribution in [3.8, 4) is 0 Å². The van der Waals surface area contributed by atoms with E-state index in [2.05, 4.69) is 24.1 Å². The van der Waals surface area contributed by atoms with Crippen LogP contribution in [0.5, 0.6) is 0 Å². The van der Waals surface area contributed by atoms with Gasteiger partial charge in [-0.1, -0.05) is 27.7 Å². The fraction of sp³-hybridized carbons (Fsp3) is 0.684. The van der Waals surface area contributed by atoms with Gasteiger partial charge in [0.1, 0.15) is 0 Å². The van der Waals surface area contributed by atoms with Gasteiger partial charge in [0, 0.05) is 6.04 Å². The summed E-state index contributed by atoms with van der Waals surface area (Å²) in [5.74, 6) is 0.373. The molecule has 0 aromatic carbocycles. The average Bonchev–Trinajstić information content (AvgIpc) is 2.74. The van der Waals surface area contributed by atoms with Gasteiger partial charge in [-0.2, -0.15) is 0 Å². The number of pyridine rings is 1. The third kappa shape index (κ3) is 3.59. The summed E-state index contributed by atoms with van der Waals surface area (Å²) < 4.78 is 25.5. The third-order valence-corrected chi connectivity index (χ3v) is 7.95. The van der Waals surface area contributed by atoms with Crippen molar-refractivity contribution >= 4 is 15.7 Å². The molecule has 0 spiro atoms. The number of sulfone groups is 1. The lowest BCUT2D eigenvalue weighted by Crippen LogP contribution is -2.37. The lowest BCUT2D eigenvalue weighted by molar-refractivity contribution is 0.0928. The highest BCUT2D eigenvalue weighted by molar-refractivity contribution is 7.91. The molecule has 1 N–H and O–H groups in total. The number of hydrogen-bond acceptors (Lipinski definition) is 4. The zero-order chi connectivity index (χ0) is 18.4. The van der Waals surface area contributed by atoms with Crippen LogP contribution in [-0.2, 0) is 28.4 Å². The van der Waals surface area contributed by atoms with E-state index in [1.807, 2.05) is 19.9 Å². The normalized spacial score (nSPS) is 25.8. The molecule has 2 unspecified atom stereocenters. The van der Waals surface area contributed by atoms with Crippen LogP contribution in [0.1, 0.15) is 67.8 Å². The minimum atomic E-state index is -3.21. The van der Waals surface area contributed by atoms with Gasteiger partial charge in [0.05, 0.1) is 28.0 Å². The molecule has 2 aliphatic heterocycles. The van der Waals surface area contributed by atoms with Crippen molar-refractivity contribution in [3.05, 3.63) is 28.6 Å². The van der Waals surface area contributed by atoms with Gasteiger partial charge in [-0.05, 0) is 49.1 Å². The van der Waals surface area contributed by atoms with Crippen molar-refractivity contribution in [1.82, 2.24) is 10.3 Å². The number of nitrogens with zero attached hydrogens (tertiary/aromatic N) is 1. The monoisotopic (exact) mass is 364 g/mol. The second kappa shape index (κ2) is 6.71. The van der Waals surface area contributed by atoms with Gasteiger partial charge in [-0.25, -0.2) is 8.42 Å². The minimum absolute atomic E-state index is 0.00626. The average molecular weight is 365 g/mol. The van der Waals surface area contributed by atoms with Gasteiger partial charge in [-0.15, -0.1) is 0 Å². The van der Waals surface area contributed by atoms with Crippen LogP contribution in [0, 0.1) is 11.8 Å². The van der Waals surface area contributed by atoms with E-state index in [1.165, 1.54) is 0 Å². The number of carbonyl (C=O) groups excluding carboxylic acids is 1. The summed E-state index contributed by atoms with van der Waals surface area (Å²) in [7, 11) is -3.21. The Kier molecular flexibility index (Phi) is 4.93. The van der Waals surface area contributed by atoms with Crippen LogP contribution in [0.15, 0.2) is 6.07 Å². The number of amides is 1. The summed E-state index contributed by atoms with van der Waals surface area (Å²) in [5.41, 5.74) is 2.95. The number of aromatic nitrogens is 1. The van der Waals surface area contributed by atoms with Crippen LogP contribution < -0.4 is 5.32 Å². The summed E-state index contributed by atoms with van der Waals surface area (Å²) in [6.45, 7) is 8.12. The quantitative estimate of drug-likeness (QED) is 0.875. The van der Waals surface area contributed by atoms with Gasteiger partial charge in [-0.3, -0.25) is 9.78 Å². The van der Waals surface area contributed by atoms with E-state index in [1.54, 1.807) is 0 Å². The first-order valence-electron chi connectivity index (χ1n) is 9.23. The first-order chi connectivity index (χ1) is 11.7. The second-order valence-corrected chi connectivity index (χ2v) is 10.3. The Bertz CT molecular complexity index is 784. The number of rotatable bonds is 2. The molecule has 1 aromatic rings. The Hall–Kier alpha value is -1.43. The van der Waals surface area contributed by atoms with Gasteiger partial charge < -0.3 is 5.32 Å². The highest BCUT2D eigenvalue weighted by Gasteiger charge is 2.34. The zero-order valence-corrected chi connectivity index (χ0v) is 16.3. The summed E-state index contributed by atoms with van der Waals surface area (Å²) in [6.07, 6.45) is 2.81. The second-order valence-electron chi connectivity index (χ2n) is 8.08. The molecule has 1 amide bonds. The summed E-state index contributed by atoms with van der Waals surface area (Å²) in [5, 5.41) is 2.77.